The van der Waals surface area contributed by atoms with E-state index in [-0.39, 0.29) is 5.60 Å². The topological polar surface area (TPSA) is 120 Å². The number of carboxylic acids is 1. The van der Waals surface area contributed by atoms with E-state index in [4.69, 9.17) is 24.1 Å². The molecular weight excluding hydrogens is 459 g/mol. The van der Waals surface area contributed by atoms with E-state index in [1.807, 2.05) is 13.0 Å². The fourth-order valence-corrected chi connectivity index (χ4v) is 3.86. The predicted octanol–water partition coefficient (Wildman–Crippen LogP) is 2.67. The van der Waals surface area contributed by atoms with Crippen LogP contribution in [0, 0.1) is 12.8 Å². The van der Waals surface area contributed by atoms with Crippen LogP contribution in [0.4, 0.5) is 19.0 Å². The summed E-state index contributed by atoms with van der Waals surface area (Å²) < 4.78 is 48.8. The zero-order valence-electron chi connectivity index (χ0n) is 18.8. The minimum atomic E-state index is -5.08. The van der Waals surface area contributed by atoms with Gasteiger partial charge in [-0.2, -0.15) is 13.2 Å². The van der Waals surface area contributed by atoms with E-state index in [2.05, 4.69) is 24.8 Å². The van der Waals surface area contributed by atoms with Crippen LogP contribution >= 0.6 is 0 Å². The molecule has 2 fully saturated rings. The van der Waals surface area contributed by atoms with Gasteiger partial charge in [-0.15, -0.1) is 0 Å². The third-order valence-corrected chi connectivity index (χ3v) is 5.47. The molecule has 10 nitrogen and oxygen atoms in total. The molecule has 2 aliphatic heterocycles. The predicted molar refractivity (Wildman–Crippen MR) is 113 cm³/mol. The zero-order valence-corrected chi connectivity index (χ0v) is 18.8. The van der Waals surface area contributed by atoms with Gasteiger partial charge in [-0.25, -0.2) is 19.7 Å². The zero-order chi connectivity index (χ0) is 24.8. The molecule has 0 aliphatic carbocycles. The Bertz CT molecular complexity index is 972. The molecule has 1 unspecified atom stereocenters. The number of halogens is 3. The first kappa shape index (κ1) is 25.4. The van der Waals surface area contributed by atoms with Gasteiger partial charge in [0.15, 0.2) is 0 Å². The molecule has 2 aromatic rings. The minimum absolute atomic E-state index is 0.0652. The molecule has 4 rings (SSSR count). The standard InChI is InChI=1S/C19H25N5O3.C2HF3O2/c1-14-9-20-10-18(23-14)26-5-3-15-4-6-27-19(8-15)11-24(12-19)16-7-17(25-2)22-13-21-16;3-2(4,5)1(6)7/h7,9-10,13,15H,3-6,8,11-12H2,1-2H3;(H,6,7). The van der Waals surface area contributed by atoms with Gasteiger partial charge in [0.1, 0.15) is 17.7 Å². The molecule has 2 aromatic heterocycles. The summed E-state index contributed by atoms with van der Waals surface area (Å²) in [5.41, 5.74) is 0.804. The van der Waals surface area contributed by atoms with Crippen LogP contribution in [-0.4, -0.2) is 76.2 Å². The molecule has 2 aliphatic rings. The van der Waals surface area contributed by atoms with Crippen molar-refractivity contribution in [3.05, 3.63) is 30.5 Å². The van der Waals surface area contributed by atoms with Crippen molar-refractivity contribution in [3.63, 3.8) is 0 Å². The third-order valence-electron chi connectivity index (χ3n) is 5.47. The van der Waals surface area contributed by atoms with Gasteiger partial charge in [0.2, 0.25) is 11.8 Å². The number of hydrogen-bond donors (Lipinski definition) is 1. The fourth-order valence-electron chi connectivity index (χ4n) is 3.86. The monoisotopic (exact) mass is 485 g/mol. The number of aryl methyl sites for hydroxylation is 1. The van der Waals surface area contributed by atoms with E-state index in [0.717, 1.165) is 50.5 Å². The summed E-state index contributed by atoms with van der Waals surface area (Å²) in [5, 5.41) is 7.12. The summed E-state index contributed by atoms with van der Waals surface area (Å²) in [6.07, 6.45) is 2.97. The summed E-state index contributed by atoms with van der Waals surface area (Å²) in [6, 6.07) is 1.86. The van der Waals surface area contributed by atoms with Crippen molar-refractivity contribution >= 4 is 11.8 Å². The van der Waals surface area contributed by atoms with E-state index >= 15 is 0 Å². The van der Waals surface area contributed by atoms with Crippen LogP contribution in [0.2, 0.25) is 0 Å². The molecule has 1 spiro atoms. The van der Waals surface area contributed by atoms with Crippen LogP contribution in [0.25, 0.3) is 0 Å². The van der Waals surface area contributed by atoms with E-state index in [0.29, 0.717) is 24.3 Å². The van der Waals surface area contributed by atoms with E-state index in [1.54, 1.807) is 19.5 Å². The van der Waals surface area contributed by atoms with Gasteiger partial charge in [0, 0.05) is 18.9 Å². The first-order valence-corrected chi connectivity index (χ1v) is 10.6. The summed E-state index contributed by atoms with van der Waals surface area (Å²) in [4.78, 5) is 28.0. The van der Waals surface area contributed by atoms with Gasteiger partial charge in [0.25, 0.3) is 0 Å². The first-order chi connectivity index (χ1) is 16.1. The maximum Gasteiger partial charge on any atom is 0.490 e. The smallest absolute Gasteiger partial charge is 0.481 e. The fraction of sp³-hybridized carbons (Fsp3) is 0.571. The minimum Gasteiger partial charge on any atom is -0.481 e. The van der Waals surface area contributed by atoms with Crippen LogP contribution in [0.3, 0.4) is 0 Å². The number of rotatable bonds is 6. The van der Waals surface area contributed by atoms with Gasteiger partial charge in [-0.3, -0.25) is 4.98 Å². The Labute approximate surface area is 194 Å². The quantitative estimate of drug-likeness (QED) is 0.654. The van der Waals surface area contributed by atoms with Crippen molar-refractivity contribution in [2.45, 2.75) is 38.0 Å². The summed E-state index contributed by atoms with van der Waals surface area (Å²) in [7, 11) is 1.61. The lowest BCUT2D eigenvalue weighted by Crippen LogP contribution is -2.65. The Balaban J connectivity index is 0.000000406. The lowest BCUT2D eigenvalue weighted by Gasteiger charge is -2.53. The van der Waals surface area contributed by atoms with Crippen LogP contribution < -0.4 is 14.4 Å². The number of anilines is 1. The number of aromatic nitrogens is 4. The highest BCUT2D eigenvalue weighted by Gasteiger charge is 2.48. The second-order valence-electron chi connectivity index (χ2n) is 8.10. The Morgan fingerprint density at radius 1 is 1.29 bits per heavy atom. The SMILES string of the molecule is COc1cc(N2CC3(CC(CCOc4cncc(C)n4)CCO3)C2)ncn1.O=C(O)C(F)(F)F. The first-order valence-electron chi connectivity index (χ1n) is 10.6. The molecule has 0 bridgehead atoms. The maximum absolute atomic E-state index is 10.6. The molecule has 0 amide bonds. The Hall–Kier alpha value is -3.22. The number of aliphatic carboxylic acids is 1. The molecular formula is C21H26F3N5O5. The number of methoxy groups -OCH3 is 1. The number of carbonyl (C=O) groups is 1. The molecule has 186 valence electrons. The van der Waals surface area contributed by atoms with Crippen LogP contribution in [0.5, 0.6) is 11.8 Å². The van der Waals surface area contributed by atoms with Crippen LogP contribution in [-0.2, 0) is 9.53 Å². The van der Waals surface area contributed by atoms with E-state index in [1.165, 1.54) is 6.33 Å². The van der Waals surface area contributed by atoms with Crippen molar-refractivity contribution in [2.24, 2.45) is 5.92 Å². The lowest BCUT2D eigenvalue weighted by molar-refractivity contribution is -0.192. The highest BCUT2D eigenvalue weighted by molar-refractivity contribution is 5.73. The largest absolute Gasteiger partial charge is 0.490 e. The van der Waals surface area contributed by atoms with Crippen molar-refractivity contribution in [1.29, 1.82) is 0 Å². The third kappa shape index (κ3) is 6.89. The second-order valence-corrected chi connectivity index (χ2v) is 8.10. The van der Waals surface area contributed by atoms with Crippen molar-refractivity contribution in [1.82, 2.24) is 19.9 Å². The normalized spacial score (nSPS) is 19.0. The van der Waals surface area contributed by atoms with E-state index in [9.17, 15) is 13.2 Å². The average Bonchev–Trinajstić information content (AvgIpc) is 2.77. The molecule has 13 heteroatoms. The second kappa shape index (κ2) is 10.8. The van der Waals surface area contributed by atoms with Crippen molar-refractivity contribution in [3.8, 4) is 11.8 Å². The number of alkyl halides is 3. The molecule has 0 radical (unpaired) electrons. The van der Waals surface area contributed by atoms with Gasteiger partial charge in [0.05, 0.1) is 38.7 Å². The van der Waals surface area contributed by atoms with Gasteiger partial charge in [-0.05, 0) is 32.1 Å². The molecule has 1 N–H and O–H groups in total. The van der Waals surface area contributed by atoms with Gasteiger partial charge in [-0.1, -0.05) is 0 Å². The Morgan fingerprint density at radius 2 is 2.03 bits per heavy atom. The molecule has 0 saturated carbocycles. The summed E-state index contributed by atoms with van der Waals surface area (Å²) in [5.74, 6) is -0.0882. The number of hydrogen-bond acceptors (Lipinski definition) is 9. The Morgan fingerprint density at radius 3 is 2.68 bits per heavy atom. The Kier molecular flexibility index (Phi) is 8.07. The molecule has 4 heterocycles. The number of ether oxygens (including phenoxy) is 3. The number of carboxylic acid groups (broad SMARTS) is 1. The lowest BCUT2D eigenvalue weighted by atomic mass is 9.79. The van der Waals surface area contributed by atoms with E-state index < -0.39 is 12.1 Å². The van der Waals surface area contributed by atoms with Crippen LogP contribution in [0.15, 0.2) is 24.8 Å². The van der Waals surface area contributed by atoms with Gasteiger partial charge >= 0.3 is 12.1 Å². The molecule has 2 saturated heterocycles. The average molecular weight is 485 g/mol. The molecule has 1 atom stereocenters. The highest BCUT2D eigenvalue weighted by atomic mass is 19.4. The van der Waals surface area contributed by atoms with Gasteiger partial charge < -0.3 is 24.2 Å². The molecule has 0 aromatic carbocycles. The highest BCUT2D eigenvalue weighted by Crippen LogP contribution is 2.39. The van der Waals surface area contributed by atoms with Crippen LogP contribution in [0.1, 0.15) is 25.0 Å². The maximum atomic E-state index is 10.6. The summed E-state index contributed by atoms with van der Waals surface area (Å²) >= 11 is 0. The number of nitrogens with zero attached hydrogens (tertiary/aromatic N) is 5. The van der Waals surface area contributed by atoms with Crippen molar-refractivity contribution in [2.75, 3.05) is 38.3 Å². The summed E-state index contributed by atoms with van der Waals surface area (Å²) in [6.45, 7) is 5.08. The van der Waals surface area contributed by atoms with Crippen molar-refractivity contribution < 1.29 is 37.3 Å². The molecule has 34 heavy (non-hydrogen) atoms.